The van der Waals surface area contributed by atoms with Gasteiger partial charge >= 0.3 is 0 Å². The van der Waals surface area contributed by atoms with Crippen molar-refractivity contribution in [1.82, 2.24) is 4.90 Å². The fourth-order valence-electron chi connectivity index (χ4n) is 4.46. The Labute approximate surface area is 169 Å². The summed E-state index contributed by atoms with van der Waals surface area (Å²) in [5.41, 5.74) is 7.61. The van der Waals surface area contributed by atoms with Gasteiger partial charge in [-0.25, -0.2) is 0 Å². The Bertz CT molecular complexity index is 971. The van der Waals surface area contributed by atoms with Gasteiger partial charge in [-0.1, -0.05) is 24.8 Å². The average Bonchev–Trinajstić information content (AvgIpc) is 3.33. The quantitative estimate of drug-likeness (QED) is 0.766. The Morgan fingerprint density at radius 1 is 1.21 bits per heavy atom. The molecule has 1 saturated carbocycles. The van der Waals surface area contributed by atoms with Crippen molar-refractivity contribution in [2.24, 2.45) is 11.7 Å². The van der Waals surface area contributed by atoms with Crippen LogP contribution in [0.3, 0.4) is 0 Å². The summed E-state index contributed by atoms with van der Waals surface area (Å²) in [4.78, 5) is 25.7. The first kappa shape index (κ1) is 19.1. The lowest BCUT2D eigenvalue weighted by Gasteiger charge is -2.31. The molecule has 1 saturated heterocycles. The molecule has 0 spiro atoms. The molecule has 2 fully saturated rings. The van der Waals surface area contributed by atoms with Crippen LogP contribution in [0.5, 0.6) is 11.5 Å². The van der Waals surface area contributed by atoms with Crippen LogP contribution in [0.1, 0.15) is 23.2 Å². The van der Waals surface area contributed by atoms with Crippen LogP contribution in [-0.4, -0.2) is 42.5 Å². The van der Waals surface area contributed by atoms with E-state index in [4.69, 9.17) is 15.2 Å². The summed E-state index contributed by atoms with van der Waals surface area (Å²) in [5.74, 6) is 1.04. The van der Waals surface area contributed by atoms with E-state index in [1.807, 2.05) is 35.2 Å². The van der Waals surface area contributed by atoms with Crippen LogP contribution < -0.4 is 15.2 Å². The van der Waals surface area contributed by atoms with Gasteiger partial charge in [0.25, 0.3) is 0 Å². The number of carbonyl (C=O) groups is 2. The van der Waals surface area contributed by atoms with Crippen molar-refractivity contribution in [3.05, 3.63) is 60.7 Å². The number of carbonyl (C=O) groups excluding carboxylic acids is 2. The molecule has 2 aromatic rings. The molecule has 2 aliphatic rings. The Morgan fingerprint density at radius 3 is 2.66 bits per heavy atom. The number of nitrogens with two attached hydrogens (primary N) is 1. The van der Waals surface area contributed by atoms with Crippen molar-refractivity contribution in [2.45, 2.75) is 25.0 Å². The van der Waals surface area contributed by atoms with Crippen LogP contribution in [0.2, 0.25) is 0 Å². The number of benzene rings is 2. The van der Waals surface area contributed by atoms with E-state index in [2.05, 4.69) is 6.58 Å². The highest BCUT2D eigenvalue weighted by atomic mass is 16.5. The number of fused-ring (bicyclic) bond motifs is 2. The first-order chi connectivity index (χ1) is 14.0. The minimum Gasteiger partial charge on any atom is -0.496 e. The molecule has 2 bridgehead atoms. The molecule has 2 aromatic carbocycles. The second-order valence-electron chi connectivity index (χ2n) is 7.55. The van der Waals surface area contributed by atoms with Gasteiger partial charge in [-0.2, -0.15) is 0 Å². The molecule has 29 heavy (non-hydrogen) atoms. The molecule has 6 nitrogen and oxygen atoms in total. The SMILES string of the molecule is C=CC(=O)N1CC2CC1CC2Oc1cc(C(N)=O)cc(-c2ccccc2OC)c1. The van der Waals surface area contributed by atoms with Crippen LogP contribution in [-0.2, 0) is 4.79 Å². The maximum absolute atomic E-state index is 12.0. The fraction of sp³-hybridized carbons (Fsp3) is 0.304. The predicted octanol–water partition coefficient (Wildman–Crippen LogP) is 3.02. The minimum atomic E-state index is -0.512. The molecule has 0 radical (unpaired) electrons. The van der Waals surface area contributed by atoms with Gasteiger partial charge in [0.1, 0.15) is 17.6 Å². The lowest BCUT2D eigenvalue weighted by Crippen LogP contribution is -2.42. The van der Waals surface area contributed by atoms with Gasteiger partial charge in [-0.3, -0.25) is 9.59 Å². The van der Waals surface area contributed by atoms with E-state index in [0.717, 1.165) is 24.0 Å². The summed E-state index contributed by atoms with van der Waals surface area (Å²) >= 11 is 0. The summed E-state index contributed by atoms with van der Waals surface area (Å²) < 4.78 is 11.7. The number of para-hydroxylation sites is 1. The van der Waals surface area contributed by atoms with Gasteiger partial charge < -0.3 is 20.1 Å². The van der Waals surface area contributed by atoms with E-state index in [0.29, 0.717) is 23.6 Å². The molecule has 3 atom stereocenters. The summed E-state index contributed by atoms with van der Waals surface area (Å²) in [6, 6.07) is 13.1. The molecule has 2 N–H and O–H groups in total. The van der Waals surface area contributed by atoms with Crippen LogP contribution >= 0.6 is 0 Å². The van der Waals surface area contributed by atoms with Crippen LogP contribution in [0.25, 0.3) is 11.1 Å². The van der Waals surface area contributed by atoms with Gasteiger partial charge in [0, 0.05) is 36.1 Å². The number of rotatable bonds is 6. The molecule has 1 aliphatic carbocycles. The van der Waals surface area contributed by atoms with Gasteiger partial charge in [0.05, 0.1) is 7.11 Å². The van der Waals surface area contributed by atoms with Crippen molar-refractivity contribution >= 4 is 11.8 Å². The molecular weight excluding hydrogens is 368 g/mol. The van der Waals surface area contributed by atoms with Crippen LogP contribution in [0.4, 0.5) is 0 Å². The first-order valence-electron chi connectivity index (χ1n) is 9.68. The lowest BCUT2D eigenvalue weighted by molar-refractivity contribution is -0.128. The maximum atomic E-state index is 12.0. The lowest BCUT2D eigenvalue weighted by atomic mass is 10.0. The molecule has 3 unspecified atom stereocenters. The number of hydrogen-bond donors (Lipinski definition) is 1. The summed E-state index contributed by atoms with van der Waals surface area (Å²) in [6.07, 6.45) is 3.07. The second kappa shape index (κ2) is 7.62. The Balaban J connectivity index is 1.60. The number of methoxy groups -OCH3 is 1. The Hall–Kier alpha value is -3.28. The standard InChI is InChI=1S/C23H24N2O4/c1-3-22(26)25-13-16-9-17(25)12-21(16)29-18-10-14(8-15(11-18)23(24)27)19-6-4-5-7-20(19)28-2/h3-8,10-11,16-17,21H,1,9,12-13H2,2H3,(H2,24,27). The van der Waals surface area contributed by atoms with Crippen molar-refractivity contribution in [3.8, 4) is 22.6 Å². The van der Waals surface area contributed by atoms with E-state index in [1.54, 1.807) is 19.2 Å². The highest BCUT2D eigenvalue weighted by Gasteiger charge is 2.47. The zero-order valence-corrected chi connectivity index (χ0v) is 16.3. The number of nitrogens with zero attached hydrogens (tertiary/aromatic N) is 1. The zero-order chi connectivity index (χ0) is 20.5. The van der Waals surface area contributed by atoms with E-state index >= 15 is 0 Å². The number of primary amides is 1. The molecule has 6 heteroatoms. The van der Waals surface area contributed by atoms with Crippen LogP contribution in [0.15, 0.2) is 55.1 Å². The number of hydrogen-bond acceptors (Lipinski definition) is 4. The predicted molar refractivity (Wildman–Crippen MR) is 110 cm³/mol. The molecular formula is C23H24N2O4. The topological polar surface area (TPSA) is 81.9 Å². The summed E-state index contributed by atoms with van der Waals surface area (Å²) in [7, 11) is 1.61. The maximum Gasteiger partial charge on any atom is 0.248 e. The van der Waals surface area contributed by atoms with Crippen molar-refractivity contribution in [1.29, 1.82) is 0 Å². The third kappa shape index (κ3) is 3.58. The largest absolute Gasteiger partial charge is 0.496 e. The zero-order valence-electron chi connectivity index (χ0n) is 16.3. The third-order valence-electron chi connectivity index (χ3n) is 5.83. The molecule has 4 rings (SSSR count). The van der Waals surface area contributed by atoms with E-state index in [-0.39, 0.29) is 24.0 Å². The van der Waals surface area contributed by atoms with Gasteiger partial charge in [-0.05, 0) is 42.3 Å². The van der Waals surface area contributed by atoms with Crippen molar-refractivity contribution in [2.75, 3.05) is 13.7 Å². The summed E-state index contributed by atoms with van der Waals surface area (Å²) in [5, 5.41) is 0. The van der Waals surface area contributed by atoms with Gasteiger partial charge in [0.2, 0.25) is 11.8 Å². The molecule has 1 aliphatic heterocycles. The van der Waals surface area contributed by atoms with Crippen LogP contribution in [0, 0.1) is 5.92 Å². The first-order valence-corrected chi connectivity index (χ1v) is 9.68. The number of amides is 2. The normalized spacial score (nSPS) is 22.4. The van der Waals surface area contributed by atoms with Crippen molar-refractivity contribution in [3.63, 3.8) is 0 Å². The number of likely N-dealkylation sites (tertiary alicyclic amines) is 1. The minimum absolute atomic E-state index is 0.00232. The van der Waals surface area contributed by atoms with E-state index in [1.165, 1.54) is 6.08 Å². The Morgan fingerprint density at radius 2 is 2.00 bits per heavy atom. The average molecular weight is 392 g/mol. The highest BCUT2D eigenvalue weighted by molar-refractivity contribution is 5.95. The number of piperidine rings is 1. The van der Waals surface area contributed by atoms with Gasteiger partial charge in [-0.15, -0.1) is 0 Å². The Kier molecular flexibility index (Phi) is 5.01. The fourth-order valence-corrected chi connectivity index (χ4v) is 4.46. The third-order valence-corrected chi connectivity index (χ3v) is 5.83. The molecule has 1 heterocycles. The monoisotopic (exact) mass is 392 g/mol. The number of ether oxygens (including phenoxy) is 2. The summed E-state index contributed by atoms with van der Waals surface area (Å²) in [6.45, 7) is 4.25. The van der Waals surface area contributed by atoms with Gasteiger partial charge in [0.15, 0.2) is 0 Å². The molecule has 0 aromatic heterocycles. The smallest absolute Gasteiger partial charge is 0.248 e. The van der Waals surface area contributed by atoms with Crippen molar-refractivity contribution < 1.29 is 19.1 Å². The van der Waals surface area contributed by atoms with E-state index < -0.39 is 5.91 Å². The van der Waals surface area contributed by atoms with E-state index in [9.17, 15) is 9.59 Å². The highest BCUT2D eigenvalue weighted by Crippen LogP contribution is 2.41. The molecule has 150 valence electrons. The molecule has 2 amide bonds. The second-order valence-corrected chi connectivity index (χ2v) is 7.55.